The van der Waals surface area contributed by atoms with E-state index >= 15 is 0 Å². The summed E-state index contributed by atoms with van der Waals surface area (Å²) in [4.78, 5) is 10.3. The van der Waals surface area contributed by atoms with Crippen molar-refractivity contribution in [2.24, 2.45) is 0 Å². The molecular formula is C12H15FO3. The number of hydrogen-bond acceptors (Lipinski definition) is 3. The molecule has 3 nitrogen and oxygen atoms in total. The molecule has 0 saturated carbocycles. The second-order valence-corrected chi connectivity index (χ2v) is 3.31. The van der Waals surface area contributed by atoms with Gasteiger partial charge >= 0.3 is 0 Å². The molecule has 0 fully saturated rings. The molecule has 0 heterocycles. The summed E-state index contributed by atoms with van der Waals surface area (Å²) in [6.07, 6.45) is 1.82. The van der Waals surface area contributed by atoms with Crippen LogP contribution in [0.3, 0.4) is 0 Å². The van der Waals surface area contributed by atoms with E-state index in [1.165, 1.54) is 14.2 Å². The van der Waals surface area contributed by atoms with Crippen molar-refractivity contribution in [3.63, 3.8) is 0 Å². The zero-order valence-electron chi connectivity index (χ0n) is 9.46. The van der Waals surface area contributed by atoms with E-state index in [1.807, 2.05) is 0 Å². The highest BCUT2D eigenvalue weighted by Gasteiger charge is 2.10. The zero-order chi connectivity index (χ0) is 12.0. The van der Waals surface area contributed by atoms with Gasteiger partial charge in [0, 0.05) is 12.0 Å². The first-order valence-electron chi connectivity index (χ1n) is 5.00. The van der Waals surface area contributed by atoms with E-state index < -0.39 is 6.67 Å². The number of halogens is 1. The van der Waals surface area contributed by atoms with Gasteiger partial charge in [0.2, 0.25) is 0 Å². The first kappa shape index (κ1) is 12.5. The Morgan fingerprint density at radius 2 is 1.75 bits per heavy atom. The minimum absolute atomic E-state index is 0.411. The van der Waals surface area contributed by atoms with Gasteiger partial charge in [-0.2, -0.15) is 0 Å². The number of methoxy groups -OCH3 is 2. The summed E-state index contributed by atoms with van der Waals surface area (Å²) in [6, 6.07) is 3.33. The molecule has 0 spiro atoms. The Balaban J connectivity index is 3.09. The molecule has 0 atom stereocenters. The van der Waals surface area contributed by atoms with Crippen LogP contribution < -0.4 is 9.47 Å². The van der Waals surface area contributed by atoms with Crippen LogP contribution in [0.2, 0.25) is 0 Å². The van der Waals surface area contributed by atoms with Crippen molar-refractivity contribution in [2.75, 3.05) is 14.2 Å². The number of carbonyl (C=O) groups excluding carboxylic acids is 1. The van der Waals surface area contributed by atoms with Gasteiger partial charge in [0.25, 0.3) is 0 Å². The van der Waals surface area contributed by atoms with Gasteiger partial charge in [-0.1, -0.05) is 0 Å². The molecule has 16 heavy (non-hydrogen) atoms. The Labute approximate surface area is 94.2 Å². The third kappa shape index (κ3) is 2.72. The van der Waals surface area contributed by atoms with Crippen molar-refractivity contribution >= 4 is 6.29 Å². The van der Waals surface area contributed by atoms with Crippen LogP contribution in [0.5, 0.6) is 11.5 Å². The number of rotatable bonds is 6. The van der Waals surface area contributed by atoms with Crippen molar-refractivity contribution in [1.82, 2.24) is 0 Å². The van der Waals surface area contributed by atoms with Gasteiger partial charge in [0.05, 0.1) is 14.2 Å². The summed E-state index contributed by atoms with van der Waals surface area (Å²) in [5.41, 5.74) is 1.30. The Bertz CT molecular complexity index is 364. The average Bonchev–Trinajstić information content (AvgIpc) is 2.35. The lowest BCUT2D eigenvalue weighted by atomic mass is 10.1. The third-order valence-corrected chi connectivity index (χ3v) is 2.36. The Morgan fingerprint density at radius 1 is 1.19 bits per heavy atom. The number of hydrogen-bond donors (Lipinski definition) is 0. The van der Waals surface area contributed by atoms with Crippen LogP contribution in [-0.4, -0.2) is 20.5 Å². The molecule has 0 unspecified atom stereocenters. The van der Waals surface area contributed by atoms with E-state index in [2.05, 4.69) is 0 Å². The fourth-order valence-corrected chi connectivity index (χ4v) is 1.54. The quantitative estimate of drug-likeness (QED) is 0.698. The normalized spacial score (nSPS) is 9.94. The number of aldehydes is 1. The molecule has 0 aliphatic carbocycles. The van der Waals surface area contributed by atoms with Gasteiger partial charge in [0.1, 0.15) is 24.5 Å². The lowest BCUT2D eigenvalue weighted by Gasteiger charge is -2.12. The van der Waals surface area contributed by atoms with Gasteiger partial charge in [-0.25, -0.2) is 4.39 Å². The maximum atomic E-state index is 12.7. The second-order valence-electron chi connectivity index (χ2n) is 3.31. The monoisotopic (exact) mass is 226 g/mol. The third-order valence-electron chi connectivity index (χ3n) is 2.36. The van der Waals surface area contributed by atoms with Gasteiger partial charge in [-0.15, -0.1) is 0 Å². The number of alkyl halides is 1. The van der Waals surface area contributed by atoms with Crippen LogP contribution >= 0.6 is 0 Å². The van der Waals surface area contributed by atoms with Gasteiger partial charge in [-0.3, -0.25) is 0 Å². The minimum Gasteiger partial charge on any atom is -0.496 e. The summed E-state index contributed by atoms with van der Waals surface area (Å²) < 4.78 is 22.9. The maximum absolute atomic E-state index is 12.7. The maximum Gasteiger partial charge on any atom is 0.125 e. The van der Waals surface area contributed by atoms with Crippen LogP contribution in [0.25, 0.3) is 0 Å². The first-order valence-corrected chi connectivity index (χ1v) is 5.00. The average molecular weight is 226 g/mol. The van der Waals surface area contributed by atoms with Crippen LogP contribution in [0, 0.1) is 0 Å². The summed E-state index contributed by atoms with van der Waals surface area (Å²) in [5, 5.41) is 0. The first-order chi connectivity index (χ1) is 7.76. The lowest BCUT2D eigenvalue weighted by Crippen LogP contribution is -1.98. The highest BCUT2D eigenvalue weighted by Crippen LogP contribution is 2.30. The standard InChI is InChI=1S/C12H15FO3/c1-15-11-7-10(8-13)12(16-2)6-9(11)4-3-5-14/h5-7H,3-4,8H2,1-2H3. The van der Waals surface area contributed by atoms with E-state index in [1.54, 1.807) is 12.1 Å². The number of carbonyl (C=O) groups is 1. The molecule has 1 aromatic rings. The minimum atomic E-state index is -0.604. The van der Waals surface area contributed by atoms with Crippen LogP contribution in [0.1, 0.15) is 17.5 Å². The molecule has 0 saturated heterocycles. The largest absolute Gasteiger partial charge is 0.496 e. The number of aryl methyl sites for hydroxylation is 1. The van der Waals surface area contributed by atoms with E-state index in [0.29, 0.717) is 29.9 Å². The Morgan fingerprint density at radius 3 is 2.25 bits per heavy atom. The predicted octanol–water partition coefficient (Wildman–Crippen LogP) is 2.30. The van der Waals surface area contributed by atoms with Gasteiger partial charge in [-0.05, 0) is 24.1 Å². The van der Waals surface area contributed by atoms with Crippen molar-refractivity contribution in [3.05, 3.63) is 23.3 Å². The number of ether oxygens (including phenoxy) is 2. The highest BCUT2D eigenvalue weighted by molar-refractivity contribution is 5.52. The fourth-order valence-electron chi connectivity index (χ4n) is 1.54. The zero-order valence-corrected chi connectivity index (χ0v) is 9.46. The van der Waals surface area contributed by atoms with Crippen molar-refractivity contribution in [3.8, 4) is 11.5 Å². The topological polar surface area (TPSA) is 35.5 Å². The second kappa shape index (κ2) is 6.10. The summed E-state index contributed by atoms with van der Waals surface area (Å²) >= 11 is 0. The van der Waals surface area contributed by atoms with Crippen LogP contribution in [-0.2, 0) is 17.9 Å². The molecule has 0 aromatic heterocycles. The van der Waals surface area contributed by atoms with Gasteiger partial charge < -0.3 is 14.3 Å². The number of benzene rings is 1. The van der Waals surface area contributed by atoms with E-state index in [9.17, 15) is 9.18 Å². The van der Waals surface area contributed by atoms with Crippen molar-refractivity contribution in [1.29, 1.82) is 0 Å². The van der Waals surface area contributed by atoms with Crippen LogP contribution in [0.15, 0.2) is 12.1 Å². The molecule has 1 aromatic carbocycles. The highest BCUT2D eigenvalue weighted by atomic mass is 19.1. The smallest absolute Gasteiger partial charge is 0.125 e. The molecule has 0 radical (unpaired) electrons. The van der Waals surface area contributed by atoms with E-state index in [-0.39, 0.29) is 0 Å². The van der Waals surface area contributed by atoms with Crippen molar-refractivity contribution < 1.29 is 18.7 Å². The Kier molecular flexibility index (Phi) is 4.76. The molecule has 4 heteroatoms. The van der Waals surface area contributed by atoms with E-state index in [0.717, 1.165) is 11.8 Å². The van der Waals surface area contributed by atoms with Crippen molar-refractivity contribution in [2.45, 2.75) is 19.5 Å². The Hall–Kier alpha value is -1.58. The van der Waals surface area contributed by atoms with E-state index in [4.69, 9.17) is 9.47 Å². The predicted molar refractivity (Wildman–Crippen MR) is 58.7 cm³/mol. The summed E-state index contributed by atoms with van der Waals surface area (Å²) in [5.74, 6) is 1.08. The molecule has 1 rings (SSSR count). The molecule has 88 valence electrons. The molecule has 0 bridgehead atoms. The summed E-state index contributed by atoms with van der Waals surface area (Å²) in [6.45, 7) is -0.604. The van der Waals surface area contributed by atoms with Gasteiger partial charge in [0.15, 0.2) is 0 Å². The molecule has 0 aliphatic rings. The lowest BCUT2D eigenvalue weighted by molar-refractivity contribution is -0.107. The fraction of sp³-hybridized carbons (Fsp3) is 0.417. The summed E-state index contributed by atoms with van der Waals surface area (Å²) in [7, 11) is 3.01. The molecular weight excluding hydrogens is 211 g/mol. The molecule has 0 aliphatic heterocycles. The molecule has 0 amide bonds. The SMILES string of the molecule is COc1cc(CCC=O)c(OC)cc1CF. The molecule has 0 N–H and O–H groups in total. The van der Waals surface area contributed by atoms with Crippen LogP contribution in [0.4, 0.5) is 4.39 Å².